The summed E-state index contributed by atoms with van der Waals surface area (Å²) in [4.78, 5) is 0.355. The van der Waals surface area contributed by atoms with Gasteiger partial charge in [-0.25, -0.2) is 0 Å². The van der Waals surface area contributed by atoms with Crippen molar-refractivity contribution in [1.29, 1.82) is 0 Å². The SMILES string of the molecule is Br[C@@H]1C=C[C@]2(CCCCO2)OC1. The van der Waals surface area contributed by atoms with Crippen molar-refractivity contribution in [3.63, 3.8) is 0 Å². The molecule has 0 saturated carbocycles. The average Bonchev–Trinajstić information content (AvgIpc) is 2.13. The van der Waals surface area contributed by atoms with Crippen molar-refractivity contribution in [3.8, 4) is 0 Å². The molecule has 2 nitrogen and oxygen atoms in total. The molecule has 12 heavy (non-hydrogen) atoms. The van der Waals surface area contributed by atoms with Crippen molar-refractivity contribution >= 4 is 15.9 Å². The quantitative estimate of drug-likeness (QED) is 0.472. The van der Waals surface area contributed by atoms with Crippen LogP contribution in [-0.4, -0.2) is 23.8 Å². The summed E-state index contributed by atoms with van der Waals surface area (Å²) in [6, 6.07) is 0. The first-order valence-electron chi connectivity index (χ1n) is 4.42. The topological polar surface area (TPSA) is 18.5 Å². The summed E-state index contributed by atoms with van der Waals surface area (Å²) < 4.78 is 11.3. The predicted molar refractivity (Wildman–Crippen MR) is 50.3 cm³/mol. The fourth-order valence-electron chi connectivity index (χ4n) is 1.61. The number of hydrogen-bond donors (Lipinski definition) is 0. The van der Waals surface area contributed by atoms with Gasteiger partial charge in [0.1, 0.15) is 0 Å². The lowest BCUT2D eigenvalue weighted by Crippen LogP contribution is -2.41. The zero-order chi connectivity index (χ0) is 8.44. The predicted octanol–water partition coefficient (Wildman–Crippen LogP) is 2.23. The molecule has 1 spiro atoms. The van der Waals surface area contributed by atoms with Crippen molar-refractivity contribution < 1.29 is 9.47 Å². The van der Waals surface area contributed by atoms with Crippen molar-refractivity contribution in [1.82, 2.24) is 0 Å². The molecule has 2 atom stereocenters. The van der Waals surface area contributed by atoms with Gasteiger partial charge in [0, 0.05) is 6.42 Å². The third-order valence-electron chi connectivity index (χ3n) is 2.31. The Morgan fingerprint density at radius 3 is 2.83 bits per heavy atom. The monoisotopic (exact) mass is 232 g/mol. The summed E-state index contributed by atoms with van der Waals surface area (Å²) >= 11 is 3.47. The molecule has 1 fully saturated rings. The molecule has 68 valence electrons. The highest BCUT2D eigenvalue weighted by Crippen LogP contribution is 2.31. The molecule has 0 N–H and O–H groups in total. The Bertz CT molecular complexity index is 185. The fraction of sp³-hybridized carbons (Fsp3) is 0.778. The highest BCUT2D eigenvalue weighted by molar-refractivity contribution is 9.09. The smallest absolute Gasteiger partial charge is 0.187 e. The van der Waals surface area contributed by atoms with Gasteiger partial charge in [0.05, 0.1) is 18.0 Å². The van der Waals surface area contributed by atoms with Gasteiger partial charge in [0.15, 0.2) is 5.79 Å². The van der Waals surface area contributed by atoms with Gasteiger partial charge in [-0.1, -0.05) is 22.0 Å². The van der Waals surface area contributed by atoms with Crippen LogP contribution in [0.15, 0.2) is 12.2 Å². The first-order valence-corrected chi connectivity index (χ1v) is 5.34. The Morgan fingerprint density at radius 2 is 2.25 bits per heavy atom. The van der Waals surface area contributed by atoms with E-state index in [1.807, 2.05) is 0 Å². The van der Waals surface area contributed by atoms with Crippen LogP contribution in [0.25, 0.3) is 0 Å². The van der Waals surface area contributed by atoms with Crippen molar-refractivity contribution in [2.24, 2.45) is 0 Å². The lowest BCUT2D eigenvalue weighted by atomic mass is 10.0. The summed E-state index contributed by atoms with van der Waals surface area (Å²) in [5, 5.41) is 0. The summed E-state index contributed by atoms with van der Waals surface area (Å²) in [7, 11) is 0. The van der Waals surface area contributed by atoms with Gasteiger partial charge >= 0.3 is 0 Å². The maximum absolute atomic E-state index is 5.66. The van der Waals surface area contributed by atoms with Crippen LogP contribution in [0.5, 0.6) is 0 Å². The molecule has 0 radical (unpaired) electrons. The standard InChI is InChI=1S/C9H13BrO2/c10-8-3-5-9(12-7-8)4-1-2-6-11-9/h3,5,8H,1-2,4,6-7H2/t8-,9+/m1/s1. The Hall–Kier alpha value is 0.140. The van der Waals surface area contributed by atoms with Crippen LogP contribution in [0.4, 0.5) is 0 Å². The second-order valence-electron chi connectivity index (χ2n) is 3.30. The largest absolute Gasteiger partial charge is 0.346 e. The van der Waals surface area contributed by atoms with Crippen molar-refractivity contribution in [2.45, 2.75) is 29.9 Å². The molecule has 2 aliphatic heterocycles. The Kier molecular flexibility index (Phi) is 2.53. The van der Waals surface area contributed by atoms with E-state index in [0.717, 1.165) is 26.1 Å². The first kappa shape index (κ1) is 8.73. The highest BCUT2D eigenvalue weighted by atomic mass is 79.9. The highest BCUT2D eigenvalue weighted by Gasteiger charge is 2.34. The molecule has 2 aliphatic rings. The van der Waals surface area contributed by atoms with E-state index >= 15 is 0 Å². The first-order chi connectivity index (χ1) is 5.81. The van der Waals surface area contributed by atoms with E-state index < -0.39 is 0 Å². The summed E-state index contributed by atoms with van der Waals surface area (Å²) in [6.07, 6.45) is 7.54. The maximum Gasteiger partial charge on any atom is 0.187 e. The van der Waals surface area contributed by atoms with E-state index in [1.165, 1.54) is 6.42 Å². The van der Waals surface area contributed by atoms with Crippen LogP contribution in [-0.2, 0) is 9.47 Å². The molecule has 0 amide bonds. The van der Waals surface area contributed by atoms with Crippen LogP contribution in [0.1, 0.15) is 19.3 Å². The summed E-state index contributed by atoms with van der Waals surface area (Å²) in [5.41, 5.74) is 0. The molecule has 0 bridgehead atoms. The van der Waals surface area contributed by atoms with E-state index in [9.17, 15) is 0 Å². The molecule has 0 unspecified atom stereocenters. The molecule has 3 heteroatoms. The zero-order valence-corrected chi connectivity index (χ0v) is 8.55. The lowest BCUT2D eigenvalue weighted by Gasteiger charge is -2.37. The van der Waals surface area contributed by atoms with E-state index in [2.05, 4.69) is 28.1 Å². The van der Waals surface area contributed by atoms with Gasteiger partial charge in [-0.05, 0) is 18.9 Å². The third-order valence-corrected chi connectivity index (χ3v) is 2.88. The second kappa shape index (κ2) is 3.48. The van der Waals surface area contributed by atoms with Crippen LogP contribution < -0.4 is 0 Å². The number of halogens is 1. The Balaban J connectivity index is 2.05. The molecule has 0 aromatic carbocycles. The van der Waals surface area contributed by atoms with Gasteiger partial charge in [-0.15, -0.1) is 0 Å². The average molecular weight is 233 g/mol. The van der Waals surface area contributed by atoms with Gasteiger partial charge in [-0.3, -0.25) is 0 Å². The van der Waals surface area contributed by atoms with Crippen molar-refractivity contribution in [3.05, 3.63) is 12.2 Å². The van der Waals surface area contributed by atoms with Crippen LogP contribution in [0.3, 0.4) is 0 Å². The van der Waals surface area contributed by atoms with Crippen LogP contribution >= 0.6 is 15.9 Å². The van der Waals surface area contributed by atoms with Gasteiger partial charge in [0.2, 0.25) is 0 Å². The Labute approximate surface area is 81.1 Å². The van der Waals surface area contributed by atoms with Gasteiger partial charge < -0.3 is 9.47 Å². The molecule has 0 aromatic heterocycles. The molecule has 1 saturated heterocycles. The van der Waals surface area contributed by atoms with E-state index in [1.54, 1.807) is 0 Å². The minimum absolute atomic E-state index is 0.355. The van der Waals surface area contributed by atoms with E-state index in [4.69, 9.17) is 9.47 Å². The number of ether oxygens (including phenoxy) is 2. The minimum atomic E-state index is -0.373. The molecular formula is C9H13BrO2. The normalized spacial score (nSPS) is 41.9. The summed E-state index contributed by atoms with van der Waals surface area (Å²) in [5.74, 6) is -0.373. The number of alkyl halides is 1. The lowest BCUT2D eigenvalue weighted by molar-refractivity contribution is -0.225. The summed E-state index contributed by atoms with van der Waals surface area (Å²) in [6.45, 7) is 1.55. The van der Waals surface area contributed by atoms with Crippen LogP contribution in [0.2, 0.25) is 0 Å². The van der Waals surface area contributed by atoms with Gasteiger partial charge in [-0.2, -0.15) is 0 Å². The van der Waals surface area contributed by atoms with E-state index in [0.29, 0.717) is 4.83 Å². The van der Waals surface area contributed by atoms with Crippen molar-refractivity contribution in [2.75, 3.05) is 13.2 Å². The number of rotatable bonds is 0. The fourth-order valence-corrected chi connectivity index (χ4v) is 1.90. The van der Waals surface area contributed by atoms with Crippen LogP contribution in [0, 0.1) is 0 Å². The number of hydrogen-bond acceptors (Lipinski definition) is 2. The molecule has 0 aliphatic carbocycles. The zero-order valence-electron chi connectivity index (χ0n) is 6.96. The molecule has 0 aromatic rings. The van der Waals surface area contributed by atoms with Gasteiger partial charge in [0.25, 0.3) is 0 Å². The van der Waals surface area contributed by atoms with E-state index in [-0.39, 0.29) is 5.79 Å². The maximum atomic E-state index is 5.66. The molecule has 2 heterocycles. The Morgan fingerprint density at radius 1 is 1.33 bits per heavy atom. The third kappa shape index (κ3) is 1.73. The molecular weight excluding hydrogens is 220 g/mol. The minimum Gasteiger partial charge on any atom is -0.346 e. The molecule has 2 rings (SSSR count). The second-order valence-corrected chi connectivity index (χ2v) is 4.48.